The van der Waals surface area contributed by atoms with E-state index < -0.39 is 0 Å². The number of hydrogen-bond donors (Lipinski definition) is 1. The van der Waals surface area contributed by atoms with Gasteiger partial charge < -0.3 is 14.3 Å². The molecule has 0 unspecified atom stereocenters. The number of thiophene rings is 1. The molecule has 3 aromatic heterocycles. The topological polar surface area (TPSA) is 32.2 Å². The number of fused-ring (bicyclic) bond motifs is 12. The summed E-state index contributed by atoms with van der Waals surface area (Å²) in [6.45, 7) is 4.85. The molecule has 288 valence electrons. The minimum atomic E-state index is -0.236. The van der Waals surface area contributed by atoms with E-state index in [9.17, 15) is 0 Å². The molecule has 9 aromatic carbocycles. The molecule has 0 saturated heterocycles. The van der Waals surface area contributed by atoms with E-state index in [2.05, 4.69) is 181 Å². The first-order valence-corrected chi connectivity index (χ1v) is 22.2. The molecule has 3 nitrogen and oxygen atoms in total. The number of furan rings is 1. The largest absolute Gasteiger partial charge is 0.456 e. The molecule has 2 aliphatic rings. The molecule has 0 saturated carbocycles. The summed E-state index contributed by atoms with van der Waals surface area (Å²) in [7, 11) is 0. The lowest BCUT2D eigenvalue weighted by Gasteiger charge is -2.28. The van der Waals surface area contributed by atoms with Crippen LogP contribution in [0.1, 0.15) is 37.8 Å². The minimum absolute atomic E-state index is 0.236. The Kier molecular flexibility index (Phi) is 6.62. The van der Waals surface area contributed by atoms with E-state index in [1.165, 1.54) is 96.6 Å². The van der Waals surface area contributed by atoms with E-state index in [4.69, 9.17) is 4.42 Å². The molecule has 0 radical (unpaired) electrons. The van der Waals surface area contributed by atoms with Gasteiger partial charge in [0.15, 0.2) is 0 Å². The monoisotopic (exact) mass is 798 g/mol. The molecule has 0 aliphatic heterocycles. The minimum Gasteiger partial charge on any atom is -0.456 e. The quantitative estimate of drug-likeness (QED) is 0.180. The average Bonchev–Trinajstić information content (AvgIpc) is 4.04. The second kappa shape index (κ2) is 12.0. The molecule has 4 heteroatoms. The summed E-state index contributed by atoms with van der Waals surface area (Å²) in [5, 5.41) is 13.0. The van der Waals surface area contributed by atoms with Crippen LogP contribution >= 0.6 is 11.3 Å². The third-order valence-corrected chi connectivity index (χ3v) is 15.2. The summed E-state index contributed by atoms with van der Waals surface area (Å²) in [6, 6.07) is 56.1. The standard InChI is InChI=1S/C57H38N2OS/c1-57(2)47-29-36(22-24-39(47)45-30-48-53-42(55(45)57)25-26-43-54(53)49(58-48)31-46-41-14-6-8-17-52(41)61-56(43)46)59(35-23-27-51-44(28-35)40-13-5-7-16-50(40)60-51)34-20-18-33(19-21-34)38-15-9-11-32-10-3-4-12-37(32)38/h3-5,7,9-31,58H,6,8H2,1-2H3. The number of hydrogen-bond acceptors (Lipinski definition) is 3. The Morgan fingerprint density at radius 3 is 2.18 bits per heavy atom. The Balaban J connectivity index is 0.948. The van der Waals surface area contributed by atoms with Crippen LogP contribution in [0.3, 0.4) is 0 Å². The van der Waals surface area contributed by atoms with Crippen LogP contribution in [0.4, 0.5) is 17.1 Å². The molecule has 0 atom stereocenters. The summed E-state index contributed by atoms with van der Waals surface area (Å²) in [5.74, 6) is 0. The molecule has 0 amide bonds. The first-order valence-electron chi connectivity index (χ1n) is 21.4. The number of para-hydroxylation sites is 1. The van der Waals surface area contributed by atoms with Crippen molar-refractivity contribution in [1.29, 1.82) is 0 Å². The van der Waals surface area contributed by atoms with Crippen LogP contribution in [0.2, 0.25) is 0 Å². The van der Waals surface area contributed by atoms with Crippen LogP contribution in [0.5, 0.6) is 0 Å². The van der Waals surface area contributed by atoms with Gasteiger partial charge in [0.2, 0.25) is 0 Å². The van der Waals surface area contributed by atoms with Crippen LogP contribution in [0, 0.1) is 0 Å². The Hall–Kier alpha value is -7.14. The highest BCUT2D eigenvalue weighted by Crippen LogP contribution is 2.55. The zero-order valence-electron chi connectivity index (χ0n) is 33.8. The van der Waals surface area contributed by atoms with E-state index in [-0.39, 0.29) is 5.41 Å². The van der Waals surface area contributed by atoms with Gasteiger partial charge in [-0.25, -0.2) is 0 Å². The number of nitrogens with one attached hydrogen (secondary N) is 1. The fourth-order valence-electron chi connectivity index (χ4n) is 11.2. The molecular formula is C57H38N2OS. The molecular weight excluding hydrogens is 761 g/mol. The Bertz CT molecular complexity index is 3970. The van der Waals surface area contributed by atoms with Crippen molar-refractivity contribution in [3.63, 3.8) is 0 Å². The van der Waals surface area contributed by atoms with Crippen molar-refractivity contribution in [3.8, 4) is 22.3 Å². The van der Waals surface area contributed by atoms with Gasteiger partial charge in [0.05, 0.1) is 0 Å². The van der Waals surface area contributed by atoms with Crippen molar-refractivity contribution < 1.29 is 4.42 Å². The van der Waals surface area contributed by atoms with Gasteiger partial charge in [-0.15, -0.1) is 11.3 Å². The molecule has 0 fully saturated rings. The fourth-order valence-corrected chi connectivity index (χ4v) is 12.5. The predicted molar refractivity (Wildman–Crippen MR) is 260 cm³/mol. The van der Waals surface area contributed by atoms with Crippen LogP contribution < -0.4 is 14.7 Å². The number of rotatable bonds is 4. The maximum atomic E-state index is 6.31. The summed E-state index contributed by atoms with van der Waals surface area (Å²) in [4.78, 5) is 6.34. The van der Waals surface area contributed by atoms with E-state index in [0.717, 1.165) is 51.8 Å². The van der Waals surface area contributed by atoms with E-state index in [1.54, 1.807) is 0 Å². The zero-order chi connectivity index (χ0) is 40.1. The van der Waals surface area contributed by atoms with Gasteiger partial charge >= 0.3 is 0 Å². The lowest BCUT2D eigenvalue weighted by atomic mass is 9.79. The molecule has 12 aromatic rings. The third kappa shape index (κ3) is 4.58. The first-order chi connectivity index (χ1) is 30.0. The highest BCUT2D eigenvalue weighted by atomic mass is 32.1. The molecule has 2 aliphatic carbocycles. The number of aromatic amines is 1. The smallest absolute Gasteiger partial charge is 0.135 e. The fraction of sp³-hybridized carbons (Fsp3) is 0.0877. The second-order valence-corrected chi connectivity index (χ2v) is 18.6. The molecule has 14 rings (SSSR count). The predicted octanol–water partition coefficient (Wildman–Crippen LogP) is 15.0. The lowest BCUT2D eigenvalue weighted by Crippen LogP contribution is -2.20. The Morgan fingerprint density at radius 2 is 1.26 bits per heavy atom. The second-order valence-electron chi connectivity index (χ2n) is 17.6. The molecule has 3 heterocycles. The zero-order valence-corrected chi connectivity index (χ0v) is 34.6. The van der Waals surface area contributed by atoms with Gasteiger partial charge in [-0.3, -0.25) is 0 Å². The summed E-state index contributed by atoms with van der Waals surface area (Å²) in [5.41, 5.74) is 15.2. The van der Waals surface area contributed by atoms with Crippen molar-refractivity contribution in [2.75, 3.05) is 4.90 Å². The Morgan fingerprint density at radius 1 is 0.541 bits per heavy atom. The van der Waals surface area contributed by atoms with Gasteiger partial charge in [-0.05, 0) is 128 Å². The summed E-state index contributed by atoms with van der Waals surface area (Å²) >= 11 is 1.96. The van der Waals surface area contributed by atoms with Crippen LogP contribution in [-0.2, 0) is 5.41 Å². The molecule has 1 N–H and O–H groups in total. The number of nitrogens with zero attached hydrogens (tertiary/aromatic N) is 1. The maximum absolute atomic E-state index is 6.31. The Labute approximate surface area is 355 Å². The van der Waals surface area contributed by atoms with Gasteiger partial charge in [0, 0.05) is 75.1 Å². The average molecular weight is 799 g/mol. The maximum Gasteiger partial charge on any atom is 0.135 e. The highest BCUT2D eigenvalue weighted by Gasteiger charge is 2.39. The number of H-pyrrole nitrogens is 1. The highest BCUT2D eigenvalue weighted by molar-refractivity contribution is 7.18. The molecule has 61 heavy (non-hydrogen) atoms. The summed E-state index contributed by atoms with van der Waals surface area (Å²) in [6.07, 6.45) is 7.12. The molecule has 0 bridgehead atoms. The van der Waals surface area contributed by atoms with Crippen molar-refractivity contribution in [3.05, 3.63) is 173 Å². The van der Waals surface area contributed by atoms with Crippen LogP contribution in [0.15, 0.2) is 156 Å². The van der Waals surface area contributed by atoms with E-state index in [0.29, 0.717) is 0 Å². The number of benzene rings is 9. The number of anilines is 3. The van der Waals surface area contributed by atoms with Crippen LogP contribution in [0.25, 0.3) is 110 Å². The number of aromatic nitrogens is 1. The van der Waals surface area contributed by atoms with Crippen molar-refractivity contribution >= 4 is 116 Å². The van der Waals surface area contributed by atoms with E-state index >= 15 is 0 Å². The van der Waals surface area contributed by atoms with Crippen molar-refractivity contribution in [2.24, 2.45) is 0 Å². The van der Waals surface area contributed by atoms with Gasteiger partial charge in [0.25, 0.3) is 0 Å². The molecule has 0 spiro atoms. The normalized spacial score (nSPS) is 14.3. The van der Waals surface area contributed by atoms with Gasteiger partial charge in [0.1, 0.15) is 11.2 Å². The lowest BCUT2D eigenvalue weighted by molar-refractivity contribution is 0.666. The third-order valence-electron chi connectivity index (χ3n) is 13.9. The van der Waals surface area contributed by atoms with Crippen molar-refractivity contribution in [1.82, 2.24) is 4.98 Å². The van der Waals surface area contributed by atoms with Gasteiger partial charge in [-0.2, -0.15) is 0 Å². The van der Waals surface area contributed by atoms with Gasteiger partial charge in [-0.1, -0.05) is 117 Å². The SMILES string of the molecule is CC1(C)c2cc(N(c3ccc(-c4cccc5ccccc45)cc3)c3ccc4oc5ccccc5c4c3)ccc2-c2cc3[nH]c4cc5c6c(sc5c5ccc(c21)c3c45)=CCCC=6. The summed E-state index contributed by atoms with van der Waals surface area (Å²) < 4.78 is 9.15. The van der Waals surface area contributed by atoms with Crippen molar-refractivity contribution in [2.45, 2.75) is 32.1 Å². The first kappa shape index (κ1) is 33.7. The van der Waals surface area contributed by atoms with Crippen LogP contribution in [-0.4, -0.2) is 4.98 Å². The van der Waals surface area contributed by atoms with E-state index in [1.807, 2.05) is 17.4 Å².